The molecule has 1 unspecified atom stereocenters. The molecule has 0 radical (unpaired) electrons. The third kappa shape index (κ3) is 4.02. The SMILES string of the molecule is CC(C)C(O)CNC(=O)c1ccc(Br)c(O)c1. The van der Waals surface area contributed by atoms with Crippen LogP contribution in [0.4, 0.5) is 0 Å². The summed E-state index contributed by atoms with van der Waals surface area (Å²) < 4.78 is 0.538. The first-order valence-electron chi connectivity index (χ1n) is 5.36. The van der Waals surface area contributed by atoms with Gasteiger partial charge in [-0.2, -0.15) is 0 Å². The number of nitrogens with one attached hydrogen (secondary N) is 1. The first kappa shape index (κ1) is 14.0. The number of aliphatic hydroxyl groups excluding tert-OH is 1. The zero-order valence-corrected chi connectivity index (χ0v) is 11.4. The van der Waals surface area contributed by atoms with Crippen molar-refractivity contribution in [1.29, 1.82) is 0 Å². The maximum Gasteiger partial charge on any atom is 0.251 e. The number of hydrogen-bond acceptors (Lipinski definition) is 3. The highest BCUT2D eigenvalue weighted by atomic mass is 79.9. The summed E-state index contributed by atoms with van der Waals surface area (Å²) in [4.78, 5) is 11.7. The second kappa shape index (κ2) is 6.02. The van der Waals surface area contributed by atoms with Gasteiger partial charge in [-0.25, -0.2) is 0 Å². The maximum atomic E-state index is 11.7. The fourth-order valence-corrected chi connectivity index (χ4v) is 1.44. The average molecular weight is 302 g/mol. The lowest BCUT2D eigenvalue weighted by atomic mass is 10.1. The van der Waals surface area contributed by atoms with Gasteiger partial charge >= 0.3 is 0 Å². The van der Waals surface area contributed by atoms with Crippen LogP contribution >= 0.6 is 15.9 Å². The fraction of sp³-hybridized carbons (Fsp3) is 0.417. The number of carbonyl (C=O) groups is 1. The third-order valence-corrected chi connectivity index (χ3v) is 3.12. The number of amides is 1. The quantitative estimate of drug-likeness (QED) is 0.795. The molecule has 1 amide bonds. The van der Waals surface area contributed by atoms with Crippen molar-refractivity contribution >= 4 is 21.8 Å². The fourth-order valence-electron chi connectivity index (χ4n) is 1.19. The summed E-state index contributed by atoms with van der Waals surface area (Å²) in [6.45, 7) is 3.96. The smallest absolute Gasteiger partial charge is 0.251 e. The van der Waals surface area contributed by atoms with E-state index in [2.05, 4.69) is 21.2 Å². The Morgan fingerprint density at radius 3 is 2.65 bits per heavy atom. The van der Waals surface area contributed by atoms with Crippen LogP contribution in [-0.4, -0.2) is 28.8 Å². The maximum absolute atomic E-state index is 11.7. The molecule has 0 heterocycles. The van der Waals surface area contributed by atoms with Crippen LogP contribution in [0.5, 0.6) is 5.75 Å². The van der Waals surface area contributed by atoms with Gasteiger partial charge in [0.05, 0.1) is 10.6 Å². The summed E-state index contributed by atoms with van der Waals surface area (Å²) >= 11 is 3.14. The monoisotopic (exact) mass is 301 g/mol. The van der Waals surface area contributed by atoms with E-state index in [4.69, 9.17) is 0 Å². The van der Waals surface area contributed by atoms with Crippen LogP contribution in [0, 0.1) is 5.92 Å². The molecule has 0 aliphatic rings. The molecule has 0 aliphatic heterocycles. The van der Waals surface area contributed by atoms with Gasteiger partial charge in [-0.15, -0.1) is 0 Å². The molecule has 0 aromatic heterocycles. The standard InChI is InChI=1S/C12H16BrNO3/c1-7(2)11(16)6-14-12(17)8-3-4-9(13)10(15)5-8/h3-5,7,11,15-16H,6H2,1-2H3,(H,14,17). The van der Waals surface area contributed by atoms with Crippen molar-refractivity contribution in [3.63, 3.8) is 0 Å². The van der Waals surface area contributed by atoms with Crippen molar-refractivity contribution in [3.05, 3.63) is 28.2 Å². The molecule has 3 N–H and O–H groups in total. The lowest BCUT2D eigenvalue weighted by Crippen LogP contribution is -2.34. The second-order valence-corrected chi connectivity index (χ2v) is 5.04. The highest BCUT2D eigenvalue weighted by molar-refractivity contribution is 9.10. The van der Waals surface area contributed by atoms with E-state index in [1.54, 1.807) is 12.1 Å². The van der Waals surface area contributed by atoms with Gasteiger partial charge in [0.25, 0.3) is 5.91 Å². The Labute approximate surface area is 109 Å². The average Bonchev–Trinajstić information content (AvgIpc) is 2.28. The molecular weight excluding hydrogens is 286 g/mol. The van der Waals surface area contributed by atoms with E-state index >= 15 is 0 Å². The van der Waals surface area contributed by atoms with E-state index in [9.17, 15) is 15.0 Å². The molecule has 0 aliphatic carbocycles. The number of halogens is 1. The summed E-state index contributed by atoms with van der Waals surface area (Å²) in [6.07, 6.45) is -0.567. The predicted octanol–water partition coefficient (Wildman–Crippen LogP) is 1.90. The topological polar surface area (TPSA) is 69.6 Å². The van der Waals surface area contributed by atoms with Crippen LogP contribution in [0.15, 0.2) is 22.7 Å². The van der Waals surface area contributed by atoms with E-state index in [0.29, 0.717) is 10.0 Å². The Bertz CT molecular complexity index is 407. The molecule has 0 saturated heterocycles. The summed E-state index contributed by atoms with van der Waals surface area (Å²) in [7, 11) is 0. The van der Waals surface area contributed by atoms with Gasteiger partial charge in [0, 0.05) is 12.1 Å². The number of hydrogen-bond donors (Lipinski definition) is 3. The van der Waals surface area contributed by atoms with Gasteiger partial charge in [0.1, 0.15) is 5.75 Å². The summed E-state index contributed by atoms with van der Waals surface area (Å²) in [5.41, 5.74) is 0.363. The minimum Gasteiger partial charge on any atom is -0.507 e. The number of carbonyl (C=O) groups excluding carboxylic acids is 1. The third-order valence-electron chi connectivity index (χ3n) is 2.45. The molecule has 94 valence electrons. The Kier molecular flexibility index (Phi) is 4.96. The molecule has 1 aromatic rings. The number of rotatable bonds is 4. The molecule has 5 heteroatoms. The summed E-state index contributed by atoms with van der Waals surface area (Å²) in [6, 6.07) is 4.57. The van der Waals surface area contributed by atoms with Crippen LogP contribution in [0.1, 0.15) is 24.2 Å². The Hall–Kier alpha value is -1.07. The zero-order valence-electron chi connectivity index (χ0n) is 9.77. The van der Waals surface area contributed by atoms with E-state index in [0.717, 1.165) is 0 Å². The van der Waals surface area contributed by atoms with E-state index in [1.165, 1.54) is 6.07 Å². The van der Waals surface area contributed by atoms with Gasteiger partial charge in [0.15, 0.2) is 0 Å². The molecule has 4 nitrogen and oxygen atoms in total. The molecule has 0 fully saturated rings. The molecule has 1 atom stereocenters. The number of aliphatic hydroxyl groups is 1. The molecule has 0 spiro atoms. The van der Waals surface area contributed by atoms with Crippen molar-refractivity contribution < 1.29 is 15.0 Å². The van der Waals surface area contributed by atoms with Crippen LogP contribution in [-0.2, 0) is 0 Å². The Morgan fingerprint density at radius 2 is 2.12 bits per heavy atom. The number of benzene rings is 1. The second-order valence-electron chi connectivity index (χ2n) is 4.19. The minimum absolute atomic E-state index is 0.0158. The summed E-state index contributed by atoms with van der Waals surface area (Å²) in [5, 5.41) is 21.6. The van der Waals surface area contributed by atoms with Crippen molar-refractivity contribution in [2.24, 2.45) is 5.92 Å². The Balaban J connectivity index is 2.61. The van der Waals surface area contributed by atoms with Crippen LogP contribution < -0.4 is 5.32 Å². The zero-order chi connectivity index (χ0) is 13.0. The highest BCUT2D eigenvalue weighted by Crippen LogP contribution is 2.24. The number of phenolic OH excluding ortho intramolecular Hbond substituents is 1. The van der Waals surface area contributed by atoms with Gasteiger partial charge in [-0.3, -0.25) is 4.79 Å². The Morgan fingerprint density at radius 1 is 1.47 bits per heavy atom. The van der Waals surface area contributed by atoms with E-state index in [-0.39, 0.29) is 24.1 Å². The number of phenols is 1. The predicted molar refractivity (Wildman–Crippen MR) is 69.0 cm³/mol. The molecule has 17 heavy (non-hydrogen) atoms. The van der Waals surface area contributed by atoms with Crippen LogP contribution in [0.25, 0.3) is 0 Å². The molecule has 1 aromatic carbocycles. The van der Waals surface area contributed by atoms with E-state index < -0.39 is 6.10 Å². The van der Waals surface area contributed by atoms with Crippen molar-refractivity contribution in [3.8, 4) is 5.75 Å². The van der Waals surface area contributed by atoms with Crippen LogP contribution in [0.2, 0.25) is 0 Å². The normalized spacial score (nSPS) is 12.5. The highest BCUT2D eigenvalue weighted by Gasteiger charge is 2.12. The molecule has 0 bridgehead atoms. The lowest BCUT2D eigenvalue weighted by Gasteiger charge is -2.15. The molecule has 1 rings (SSSR count). The first-order chi connectivity index (χ1) is 7.91. The van der Waals surface area contributed by atoms with Crippen molar-refractivity contribution in [2.45, 2.75) is 20.0 Å². The molecular formula is C12H16BrNO3. The van der Waals surface area contributed by atoms with Crippen LogP contribution in [0.3, 0.4) is 0 Å². The minimum atomic E-state index is -0.567. The van der Waals surface area contributed by atoms with Gasteiger partial charge in [-0.1, -0.05) is 13.8 Å². The van der Waals surface area contributed by atoms with Crippen molar-refractivity contribution in [2.75, 3.05) is 6.54 Å². The van der Waals surface area contributed by atoms with E-state index in [1.807, 2.05) is 13.8 Å². The molecule has 0 saturated carbocycles. The lowest BCUT2D eigenvalue weighted by molar-refractivity contribution is 0.0871. The van der Waals surface area contributed by atoms with Gasteiger partial charge in [0.2, 0.25) is 0 Å². The van der Waals surface area contributed by atoms with Gasteiger partial charge < -0.3 is 15.5 Å². The first-order valence-corrected chi connectivity index (χ1v) is 6.16. The van der Waals surface area contributed by atoms with Gasteiger partial charge in [-0.05, 0) is 40.0 Å². The number of aromatic hydroxyl groups is 1. The van der Waals surface area contributed by atoms with Crippen molar-refractivity contribution in [1.82, 2.24) is 5.32 Å². The summed E-state index contributed by atoms with van der Waals surface area (Å²) in [5.74, 6) is -0.205. The largest absolute Gasteiger partial charge is 0.507 e.